The number of nitrogens with one attached hydrogen (secondary N) is 1. The van der Waals surface area contributed by atoms with E-state index in [2.05, 4.69) is 28.2 Å². The normalized spacial score (nSPS) is 26.7. The number of halogens is 1. The van der Waals surface area contributed by atoms with Crippen LogP contribution in [0.4, 0.5) is 0 Å². The van der Waals surface area contributed by atoms with E-state index in [-0.39, 0.29) is 12.2 Å². The van der Waals surface area contributed by atoms with E-state index in [4.69, 9.17) is 9.47 Å². The molecule has 0 amide bonds. The topological polar surface area (TPSA) is 30.5 Å². The highest BCUT2D eigenvalue weighted by Crippen LogP contribution is 2.29. The van der Waals surface area contributed by atoms with Gasteiger partial charge in [0.25, 0.3) is 0 Å². The Morgan fingerprint density at radius 1 is 1.33 bits per heavy atom. The summed E-state index contributed by atoms with van der Waals surface area (Å²) in [5.74, 6) is 0.905. The average molecular weight is 314 g/mol. The number of hydrogen-bond acceptors (Lipinski definition) is 3. The molecule has 1 saturated carbocycles. The van der Waals surface area contributed by atoms with Crippen molar-refractivity contribution in [3.05, 3.63) is 28.7 Å². The van der Waals surface area contributed by atoms with E-state index in [0.29, 0.717) is 6.04 Å². The minimum absolute atomic E-state index is 0.162. The summed E-state index contributed by atoms with van der Waals surface area (Å²) in [5.41, 5.74) is 0. The Bertz CT molecular complexity index is 369. The van der Waals surface area contributed by atoms with Crippen LogP contribution in [0.15, 0.2) is 28.7 Å². The molecule has 1 fully saturated rings. The van der Waals surface area contributed by atoms with Crippen LogP contribution in [-0.2, 0) is 4.74 Å². The maximum absolute atomic E-state index is 5.96. The molecule has 0 spiro atoms. The van der Waals surface area contributed by atoms with Crippen molar-refractivity contribution in [2.24, 2.45) is 0 Å². The third-order valence-corrected chi connectivity index (χ3v) is 3.76. The largest absolute Gasteiger partial charge is 0.488 e. The lowest BCUT2D eigenvalue weighted by Gasteiger charge is -2.43. The zero-order valence-corrected chi connectivity index (χ0v) is 12.4. The molecule has 3 nitrogen and oxygen atoms in total. The SMILES string of the molecule is CCCOC1C(NC)CC1Oc1ccc(Br)cc1. The van der Waals surface area contributed by atoms with E-state index in [9.17, 15) is 0 Å². The van der Waals surface area contributed by atoms with Gasteiger partial charge in [0.05, 0.1) is 0 Å². The number of rotatable bonds is 6. The molecule has 1 aliphatic carbocycles. The van der Waals surface area contributed by atoms with Crippen molar-refractivity contribution >= 4 is 15.9 Å². The van der Waals surface area contributed by atoms with Crippen molar-refractivity contribution in [1.82, 2.24) is 5.32 Å². The second kappa shape index (κ2) is 6.55. The average Bonchev–Trinajstić information content (AvgIpc) is 2.36. The predicted octanol–water partition coefficient (Wildman–Crippen LogP) is 2.98. The fourth-order valence-electron chi connectivity index (χ4n) is 2.14. The molecule has 4 heteroatoms. The molecule has 0 heterocycles. The highest BCUT2D eigenvalue weighted by molar-refractivity contribution is 9.10. The molecule has 3 unspecified atom stereocenters. The molecule has 1 N–H and O–H groups in total. The third kappa shape index (κ3) is 3.25. The maximum Gasteiger partial charge on any atom is 0.128 e. The molecule has 2 rings (SSSR count). The molecule has 1 aromatic carbocycles. The first-order valence-electron chi connectivity index (χ1n) is 6.45. The van der Waals surface area contributed by atoms with Crippen LogP contribution in [0.5, 0.6) is 5.75 Å². The van der Waals surface area contributed by atoms with Gasteiger partial charge in [-0.25, -0.2) is 0 Å². The van der Waals surface area contributed by atoms with Crippen LogP contribution in [0.1, 0.15) is 19.8 Å². The van der Waals surface area contributed by atoms with Crippen LogP contribution in [-0.4, -0.2) is 31.9 Å². The zero-order chi connectivity index (χ0) is 13.0. The quantitative estimate of drug-likeness (QED) is 0.876. The molecule has 3 atom stereocenters. The van der Waals surface area contributed by atoms with E-state index in [0.717, 1.165) is 29.7 Å². The summed E-state index contributed by atoms with van der Waals surface area (Å²) in [6, 6.07) is 8.36. The standard InChI is InChI=1S/C14H20BrNO2/c1-3-8-17-14-12(16-2)9-13(14)18-11-6-4-10(15)5-7-11/h4-7,12-14,16H,3,8-9H2,1-2H3. The summed E-state index contributed by atoms with van der Waals surface area (Å²) < 4.78 is 12.9. The fourth-order valence-corrected chi connectivity index (χ4v) is 2.41. The summed E-state index contributed by atoms with van der Waals surface area (Å²) in [5, 5.41) is 3.27. The Kier molecular flexibility index (Phi) is 5.03. The second-order valence-electron chi connectivity index (χ2n) is 4.58. The van der Waals surface area contributed by atoms with Crippen molar-refractivity contribution in [1.29, 1.82) is 0 Å². The van der Waals surface area contributed by atoms with Gasteiger partial charge in [0.15, 0.2) is 0 Å². The Morgan fingerprint density at radius 2 is 2.06 bits per heavy atom. The first-order chi connectivity index (χ1) is 8.74. The Balaban J connectivity index is 1.90. The highest BCUT2D eigenvalue weighted by Gasteiger charge is 2.42. The Morgan fingerprint density at radius 3 is 2.67 bits per heavy atom. The van der Waals surface area contributed by atoms with Crippen LogP contribution in [0.3, 0.4) is 0 Å². The van der Waals surface area contributed by atoms with E-state index < -0.39 is 0 Å². The van der Waals surface area contributed by atoms with Gasteiger partial charge in [-0.05, 0) is 37.7 Å². The van der Waals surface area contributed by atoms with E-state index >= 15 is 0 Å². The third-order valence-electron chi connectivity index (χ3n) is 3.24. The molecular formula is C14H20BrNO2. The van der Waals surface area contributed by atoms with Gasteiger partial charge < -0.3 is 14.8 Å². The minimum atomic E-state index is 0.162. The summed E-state index contributed by atoms with van der Waals surface area (Å²) in [7, 11) is 1.98. The molecule has 1 aliphatic rings. The van der Waals surface area contributed by atoms with Crippen LogP contribution < -0.4 is 10.1 Å². The van der Waals surface area contributed by atoms with Gasteiger partial charge in [-0.1, -0.05) is 22.9 Å². The van der Waals surface area contributed by atoms with Crippen molar-refractivity contribution in [3.8, 4) is 5.75 Å². The van der Waals surface area contributed by atoms with Crippen LogP contribution >= 0.6 is 15.9 Å². The Labute approximate surface area is 117 Å². The molecule has 0 aliphatic heterocycles. The fraction of sp³-hybridized carbons (Fsp3) is 0.571. The van der Waals surface area contributed by atoms with Gasteiger partial charge in [-0.15, -0.1) is 0 Å². The van der Waals surface area contributed by atoms with Crippen molar-refractivity contribution in [3.63, 3.8) is 0 Å². The van der Waals surface area contributed by atoms with Gasteiger partial charge in [-0.3, -0.25) is 0 Å². The molecule has 0 saturated heterocycles. The van der Waals surface area contributed by atoms with Crippen LogP contribution in [0.25, 0.3) is 0 Å². The van der Waals surface area contributed by atoms with Crippen LogP contribution in [0.2, 0.25) is 0 Å². The van der Waals surface area contributed by atoms with Gasteiger partial charge >= 0.3 is 0 Å². The second-order valence-corrected chi connectivity index (χ2v) is 5.49. The lowest BCUT2D eigenvalue weighted by molar-refractivity contribution is -0.106. The lowest BCUT2D eigenvalue weighted by atomic mass is 9.85. The highest BCUT2D eigenvalue weighted by atomic mass is 79.9. The smallest absolute Gasteiger partial charge is 0.128 e. The monoisotopic (exact) mass is 313 g/mol. The number of likely N-dealkylation sites (N-methyl/N-ethyl adjacent to an activating group) is 1. The summed E-state index contributed by atoms with van der Waals surface area (Å²) >= 11 is 3.42. The maximum atomic E-state index is 5.96. The number of ether oxygens (including phenoxy) is 2. The van der Waals surface area contributed by atoms with E-state index in [1.807, 2.05) is 31.3 Å². The number of hydrogen-bond donors (Lipinski definition) is 1. The van der Waals surface area contributed by atoms with E-state index in [1.165, 1.54) is 0 Å². The summed E-state index contributed by atoms with van der Waals surface area (Å²) in [6.07, 6.45) is 2.37. The molecule has 18 heavy (non-hydrogen) atoms. The molecule has 0 bridgehead atoms. The van der Waals surface area contributed by atoms with Gasteiger partial charge in [0, 0.05) is 23.5 Å². The van der Waals surface area contributed by atoms with Gasteiger partial charge in [0.2, 0.25) is 0 Å². The lowest BCUT2D eigenvalue weighted by Crippen LogP contribution is -2.60. The van der Waals surface area contributed by atoms with Crippen LogP contribution in [0, 0.1) is 0 Å². The zero-order valence-electron chi connectivity index (χ0n) is 10.9. The summed E-state index contributed by atoms with van der Waals surface area (Å²) in [4.78, 5) is 0. The molecule has 0 radical (unpaired) electrons. The van der Waals surface area contributed by atoms with Crippen molar-refractivity contribution in [2.75, 3.05) is 13.7 Å². The van der Waals surface area contributed by atoms with Crippen molar-refractivity contribution < 1.29 is 9.47 Å². The molecule has 100 valence electrons. The summed E-state index contributed by atoms with van der Waals surface area (Å²) in [6.45, 7) is 2.92. The Hall–Kier alpha value is -0.580. The molecular weight excluding hydrogens is 294 g/mol. The first-order valence-corrected chi connectivity index (χ1v) is 7.25. The van der Waals surface area contributed by atoms with Gasteiger partial charge in [-0.2, -0.15) is 0 Å². The van der Waals surface area contributed by atoms with Crippen molar-refractivity contribution in [2.45, 2.75) is 38.0 Å². The predicted molar refractivity (Wildman–Crippen MR) is 76.1 cm³/mol. The van der Waals surface area contributed by atoms with E-state index in [1.54, 1.807) is 0 Å². The molecule has 0 aromatic heterocycles. The minimum Gasteiger partial charge on any atom is -0.488 e. The van der Waals surface area contributed by atoms with Gasteiger partial charge in [0.1, 0.15) is 18.0 Å². The number of benzene rings is 1. The molecule has 1 aromatic rings. The first kappa shape index (κ1) is 13.8.